The second kappa shape index (κ2) is 7.30. The van der Waals surface area contributed by atoms with Crippen molar-refractivity contribution in [3.63, 3.8) is 0 Å². The van der Waals surface area contributed by atoms with Crippen LogP contribution in [0.25, 0.3) is 0 Å². The molecule has 13 heavy (non-hydrogen) atoms. The molecular weight excluding hydrogens is 164 g/mol. The monoisotopic (exact) mass is 188 g/mol. The number of methoxy groups -OCH3 is 1. The van der Waals surface area contributed by atoms with E-state index < -0.39 is 0 Å². The Kier molecular flexibility index (Phi) is 7.23. The minimum atomic E-state index is 0.486. The first kappa shape index (κ1) is 12.9. The second-order valence-electron chi connectivity index (χ2n) is 3.89. The minimum absolute atomic E-state index is 0.486. The highest BCUT2D eigenvalue weighted by Crippen LogP contribution is 1.95. The quantitative estimate of drug-likeness (QED) is 0.644. The fourth-order valence-corrected chi connectivity index (χ4v) is 1.49. The van der Waals surface area contributed by atoms with Gasteiger partial charge in [0.25, 0.3) is 0 Å². The summed E-state index contributed by atoms with van der Waals surface area (Å²) in [4.78, 5) is 2.19. The van der Waals surface area contributed by atoms with Crippen molar-refractivity contribution < 1.29 is 4.74 Å². The molecular formula is C10H24N2O. The van der Waals surface area contributed by atoms with Crippen LogP contribution in [0.1, 0.15) is 20.3 Å². The maximum atomic E-state index is 5.12. The van der Waals surface area contributed by atoms with E-state index in [2.05, 4.69) is 38.2 Å². The lowest BCUT2D eigenvalue weighted by molar-refractivity contribution is 0.156. The molecule has 0 aliphatic carbocycles. The zero-order valence-electron chi connectivity index (χ0n) is 9.63. The summed E-state index contributed by atoms with van der Waals surface area (Å²) in [6.45, 7) is 6.26. The van der Waals surface area contributed by atoms with Crippen molar-refractivity contribution in [1.82, 2.24) is 10.2 Å². The van der Waals surface area contributed by atoms with Crippen LogP contribution in [0.3, 0.4) is 0 Å². The summed E-state index contributed by atoms with van der Waals surface area (Å²) in [5.41, 5.74) is 0. The van der Waals surface area contributed by atoms with Gasteiger partial charge >= 0.3 is 0 Å². The molecule has 0 aromatic carbocycles. The number of rotatable bonds is 7. The Bertz CT molecular complexity index is 117. The first-order chi connectivity index (χ1) is 6.10. The molecule has 1 N–H and O–H groups in total. The maximum Gasteiger partial charge on any atom is 0.0615 e. The SMILES string of the molecule is CCC(COC)NC(C)CN(C)C. The normalized spacial score (nSPS) is 16.2. The Balaban J connectivity index is 3.65. The molecule has 0 radical (unpaired) electrons. The van der Waals surface area contributed by atoms with Crippen LogP contribution in [0.2, 0.25) is 0 Å². The van der Waals surface area contributed by atoms with Crippen molar-refractivity contribution in [3.05, 3.63) is 0 Å². The molecule has 0 spiro atoms. The highest BCUT2D eigenvalue weighted by molar-refractivity contribution is 4.71. The van der Waals surface area contributed by atoms with Gasteiger partial charge in [0.2, 0.25) is 0 Å². The third-order valence-electron chi connectivity index (χ3n) is 2.02. The topological polar surface area (TPSA) is 24.5 Å². The molecule has 0 amide bonds. The third-order valence-corrected chi connectivity index (χ3v) is 2.02. The smallest absolute Gasteiger partial charge is 0.0615 e. The van der Waals surface area contributed by atoms with Crippen molar-refractivity contribution in [2.75, 3.05) is 34.4 Å². The molecule has 0 aliphatic rings. The minimum Gasteiger partial charge on any atom is -0.383 e. The molecule has 0 bridgehead atoms. The lowest BCUT2D eigenvalue weighted by atomic mass is 10.2. The predicted molar refractivity (Wildman–Crippen MR) is 57.1 cm³/mol. The van der Waals surface area contributed by atoms with E-state index >= 15 is 0 Å². The molecule has 2 atom stereocenters. The van der Waals surface area contributed by atoms with E-state index in [4.69, 9.17) is 4.74 Å². The van der Waals surface area contributed by atoms with Crippen LogP contribution < -0.4 is 5.32 Å². The van der Waals surface area contributed by atoms with Gasteiger partial charge < -0.3 is 15.0 Å². The van der Waals surface area contributed by atoms with Crippen molar-refractivity contribution in [1.29, 1.82) is 0 Å². The summed E-state index contributed by atoms with van der Waals surface area (Å²) in [5, 5.41) is 3.53. The van der Waals surface area contributed by atoms with E-state index in [-0.39, 0.29) is 0 Å². The molecule has 2 unspecified atom stereocenters. The van der Waals surface area contributed by atoms with Gasteiger partial charge in [-0.1, -0.05) is 6.92 Å². The van der Waals surface area contributed by atoms with Crippen LogP contribution in [0.15, 0.2) is 0 Å². The molecule has 0 aromatic heterocycles. The lowest BCUT2D eigenvalue weighted by Gasteiger charge is -2.24. The van der Waals surface area contributed by atoms with Gasteiger partial charge in [0, 0.05) is 25.7 Å². The van der Waals surface area contributed by atoms with E-state index in [0.717, 1.165) is 19.6 Å². The van der Waals surface area contributed by atoms with Gasteiger partial charge in [0.15, 0.2) is 0 Å². The molecule has 80 valence electrons. The molecule has 0 aromatic rings. The van der Waals surface area contributed by atoms with E-state index in [0.29, 0.717) is 12.1 Å². The number of nitrogens with zero attached hydrogens (tertiary/aromatic N) is 1. The van der Waals surface area contributed by atoms with E-state index in [1.165, 1.54) is 0 Å². The number of ether oxygens (including phenoxy) is 1. The highest BCUT2D eigenvalue weighted by Gasteiger charge is 2.09. The molecule has 3 heteroatoms. The molecule has 0 saturated carbocycles. The van der Waals surface area contributed by atoms with Crippen LogP contribution >= 0.6 is 0 Å². The van der Waals surface area contributed by atoms with Crippen molar-refractivity contribution in [2.45, 2.75) is 32.4 Å². The summed E-state index contributed by atoms with van der Waals surface area (Å²) in [6.07, 6.45) is 1.12. The van der Waals surface area contributed by atoms with Crippen LogP contribution in [0.4, 0.5) is 0 Å². The molecule has 0 rings (SSSR count). The van der Waals surface area contributed by atoms with Gasteiger partial charge in [-0.2, -0.15) is 0 Å². The van der Waals surface area contributed by atoms with Crippen molar-refractivity contribution in [2.24, 2.45) is 0 Å². The van der Waals surface area contributed by atoms with Gasteiger partial charge in [-0.05, 0) is 27.4 Å². The Morgan fingerprint density at radius 1 is 1.38 bits per heavy atom. The summed E-state index contributed by atoms with van der Waals surface area (Å²) in [7, 11) is 5.94. The van der Waals surface area contributed by atoms with E-state index in [1.54, 1.807) is 7.11 Å². The first-order valence-corrected chi connectivity index (χ1v) is 4.99. The zero-order chi connectivity index (χ0) is 10.3. The average Bonchev–Trinajstić information content (AvgIpc) is 2.02. The van der Waals surface area contributed by atoms with Gasteiger partial charge in [-0.3, -0.25) is 0 Å². The van der Waals surface area contributed by atoms with Gasteiger partial charge in [0.05, 0.1) is 6.61 Å². The zero-order valence-corrected chi connectivity index (χ0v) is 9.63. The van der Waals surface area contributed by atoms with Crippen molar-refractivity contribution >= 4 is 0 Å². The summed E-state index contributed by atoms with van der Waals surface area (Å²) < 4.78 is 5.12. The number of hydrogen-bond donors (Lipinski definition) is 1. The largest absolute Gasteiger partial charge is 0.383 e. The second-order valence-corrected chi connectivity index (χ2v) is 3.89. The van der Waals surface area contributed by atoms with Crippen LogP contribution in [0.5, 0.6) is 0 Å². The Morgan fingerprint density at radius 2 is 2.00 bits per heavy atom. The van der Waals surface area contributed by atoms with Crippen LogP contribution in [-0.2, 0) is 4.74 Å². The summed E-state index contributed by atoms with van der Waals surface area (Å²) in [6, 6.07) is 1.01. The van der Waals surface area contributed by atoms with Gasteiger partial charge in [0.1, 0.15) is 0 Å². The third kappa shape index (κ3) is 6.99. The highest BCUT2D eigenvalue weighted by atomic mass is 16.5. The molecule has 0 saturated heterocycles. The molecule has 0 aliphatic heterocycles. The Labute approximate surface area is 82.4 Å². The van der Waals surface area contributed by atoms with Crippen molar-refractivity contribution in [3.8, 4) is 0 Å². The average molecular weight is 188 g/mol. The Hall–Kier alpha value is -0.120. The summed E-state index contributed by atoms with van der Waals surface area (Å²) >= 11 is 0. The number of hydrogen-bond acceptors (Lipinski definition) is 3. The maximum absolute atomic E-state index is 5.12. The summed E-state index contributed by atoms with van der Waals surface area (Å²) in [5.74, 6) is 0. The fraction of sp³-hybridized carbons (Fsp3) is 1.00. The predicted octanol–water partition coefficient (Wildman–Crippen LogP) is 0.951. The van der Waals surface area contributed by atoms with Gasteiger partial charge in [-0.25, -0.2) is 0 Å². The first-order valence-electron chi connectivity index (χ1n) is 4.99. The number of nitrogens with one attached hydrogen (secondary N) is 1. The number of likely N-dealkylation sites (N-methyl/N-ethyl adjacent to an activating group) is 1. The molecule has 0 fully saturated rings. The fourth-order valence-electron chi connectivity index (χ4n) is 1.49. The van der Waals surface area contributed by atoms with Crippen LogP contribution in [0, 0.1) is 0 Å². The van der Waals surface area contributed by atoms with Gasteiger partial charge in [-0.15, -0.1) is 0 Å². The van der Waals surface area contributed by atoms with Crippen LogP contribution in [-0.4, -0.2) is 51.3 Å². The Morgan fingerprint density at radius 3 is 2.38 bits per heavy atom. The standard InChI is InChI=1S/C10H24N2O/c1-6-10(8-13-5)11-9(2)7-12(3)4/h9-11H,6-8H2,1-5H3. The lowest BCUT2D eigenvalue weighted by Crippen LogP contribution is -2.43. The van der Waals surface area contributed by atoms with E-state index in [1.807, 2.05) is 0 Å². The molecule has 0 heterocycles. The van der Waals surface area contributed by atoms with E-state index in [9.17, 15) is 0 Å². The molecule has 3 nitrogen and oxygen atoms in total.